The number of hydrogen-bond donors (Lipinski definition) is 1. The molecule has 0 aromatic heterocycles. The third-order valence-corrected chi connectivity index (χ3v) is 5.81. The first-order chi connectivity index (χ1) is 14.2. The van der Waals surface area contributed by atoms with E-state index < -0.39 is 6.04 Å². The van der Waals surface area contributed by atoms with Crippen LogP contribution in [0.15, 0.2) is 46.9 Å². The molecule has 0 radical (unpaired) electrons. The molecule has 2 aromatic carbocycles. The van der Waals surface area contributed by atoms with Crippen LogP contribution in [0.25, 0.3) is 0 Å². The summed E-state index contributed by atoms with van der Waals surface area (Å²) < 4.78 is 6.75. The van der Waals surface area contributed by atoms with Gasteiger partial charge in [0.1, 0.15) is 11.8 Å². The highest BCUT2D eigenvalue weighted by Gasteiger charge is 2.27. The van der Waals surface area contributed by atoms with E-state index in [9.17, 15) is 9.59 Å². The SMILES string of the molecule is CC[C@H](C)NC(=O)[C@@H](C)N(Cc1cccc(Br)c1)C(=O)COc1cccc(C)c1C. The molecule has 0 saturated carbocycles. The Kier molecular flexibility index (Phi) is 8.90. The molecule has 1 N–H and O–H groups in total. The zero-order valence-corrected chi connectivity index (χ0v) is 20.0. The molecule has 0 unspecified atom stereocenters. The Morgan fingerprint density at radius 3 is 2.50 bits per heavy atom. The minimum Gasteiger partial charge on any atom is -0.483 e. The second kappa shape index (κ2) is 11.2. The molecule has 0 aliphatic heterocycles. The molecule has 2 aromatic rings. The van der Waals surface area contributed by atoms with Gasteiger partial charge in [-0.05, 0) is 69.0 Å². The van der Waals surface area contributed by atoms with Crippen molar-refractivity contribution in [2.45, 2.75) is 59.7 Å². The summed E-state index contributed by atoms with van der Waals surface area (Å²) in [6.07, 6.45) is 0.827. The van der Waals surface area contributed by atoms with Crippen LogP contribution < -0.4 is 10.1 Å². The first kappa shape index (κ1) is 23.9. The van der Waals surface area contributed by atoms with Crippen molar-refractivity contribution in [3.8, 4) is 5.75 Å². The lowest BCUT2D eigenvalue weighted by molar-refractivity contribution is -0.142. The van der Waals surface area contributed by atoms with E-state index in [0.717, 1.165) is 27.6 Å². The standard InChI is InChI=1S/C24H31BrN2O3/c1-6-17(3)26-24(29)19(5)27(14-20-10-8-11-21(25)13-20)23(28)15-30-22-12-7-9-16(2)18(22)4/h7-13,17,19H,6,14-15H2,1-5H3,(H,26,29)/t17-,19+/m0/s1. The Bertz CT molecular complexity index is 885. The van der Waals surface area contributed by atoms with Gasteiger partial charge in [0.15, 0.2) is 6.61 Å². The van der Waals surface area contributed by atoms with Crippen LogP contribution in [0, 0.1) is 13.8 Å². The fraction of sp³-hybridized carbons (Fsp3) is 0.417. The molecule has 0 aliphatic carbocycles. The molecule has 0 aliphatic rings. The molecule has 0 saturated heterocycles. The van der Waals surface area contributed by atoms with Crippen LogP contribution in [0.2, 0.25) is 0 Å². The predicted octanol–water partition coefficient (Wildman–Crippen LogP) is 4.78. The Morgan fingerprint density at radius 2 is 1.83 bits per heavy atom. The van der Waals surface area contributed by atoms with Gasteiger partial charge < -0.3 is 15.0 Å². The lowest BCUT2D eigenvalue weighted by Crippen LogP contribution is -2.50. The van der Waals surface area contributed by atoms with Gasteiger partial charge in [-0.2, -0.15) is 0 Å². The molecule has 5 nitrogen and oxygen atoms in total. The van der Waals surface area contributed by atoms with Crippen molar-refractivity contribution in [1.82, 2.24) is 10.2 Å². The van der Waals surface area contributed by atoms with E-state index in [1.165, 1.54) is 0 Å². The summed E-state index contributed by atoms with van der Waals surface area (Å²) in [7, 11) is 0. The van der Waals surface area contributed by atoms with Gasteiger partial charge in [0.2, 0.25) is 5.91 Å². The summed E-state index contributed by atoms with van der Waals surface area (Å²) in [5.74, 6) is 0.282. The number of ether oxygens (including phenoxy) is 1. The van der Waals surface area contributed by atoms with Crippen molar-refractivity contribution in [3.05, 3.63) is 63.6 Å². The van der Waals surface area contributed by atoms with Gasteiger partial charge in [-0.3, -0.25) is 9.59 Å². The quantitative estimate of drug-likeness (QED) is 0.568. The highest BCUT2D eigenvalue weighted by molar-refractivity contribution is 9.10. The van der Waals surface area contributed by atoms with Gasteiger partial charge in [-0.25, -0.2) is 0 Å². The smallest absolute Gasteiger partial charge is 0.261 e. The molecule has 0 spiro atoms. The lowest BCUT2D eigenvalue weighted by atomic mass is 10.1. The molecule has 0 fully saturated rings. The fourth-order valence-corrected chi connectivity index (χ4v) is 3.43. The zero-order chi connectivity index (χ0) is 22.3. The Balaban J connectivity index is 2.19. The lowest BCUT2D eigenvalue weighted by Gasteiger charge is -2.29. The van der Waals surface area contributed by atoms with Crippen molar-refractivity contribution in [1.29, 1.82) is 0 Å². The van der Waals surface area contributed by atoms with Gasteiger partial charge in [0.05, 0.1) is 0 Å². The first-order valence-corrected chi connectivity index (χ1v) is 11.1. The average molecular weight is 475 g/mol. The van der Waals surface area contributed by atoms with E-state index in [0.29, 0.717) is 12.3 Å². The van der Waals surface area contributed by atoms with E-state index in [2.05, 4.69) is 21.2 Å². The molecule has 30 heavy (non-hydrogen) atoms. The summed E-state index contributed by atoms with van der Waals surface area (Å²) in [4.78, 5) is 27.4. The van der Waals surface area contributed by atoms with Crippen molar-refractivity contribution >= 4 is 27.7 Å². The van der Waals surface area contributed by atoms with Crippen molar-refractivity contribution in [2.24, 2.45) is 0 Å². The molecule has 2 atom stereocenters. The van der Waals surface area contributed by atoms with Gasteiger partial charge in [0, 0.05) is 17.1 Å². The highest BCUT2D eigenvalue weighted by Crippen LogP contribution is 2.21. The van der Waals surface area contributed by atoms with Crippen molar-refractivity contribution in [3.63, 3.8) is 0 Å². The minimum atomic E-state index is -0.618. The molecule has 2 rings (SSSR count). The number of amides is 2. The maximum Gasteiger partial charge on any atom is 0.261 e. The monoisotopic (exact) mass is 474 g/mol. The number of aryl methyl sites for hydroxylation is 1. The topological polar surface area (TPSA) is 58.6 Å². The second-order valence-electron chi connectivity index (χ2n) is 7.63. The number of rotatable bonds is 9. The van der Waals surface area contributed by atoms with Crippen molar-refractivity contribution < 1.29 is 14.3 Å². The van der Waals surface area contributed by atoms with Crippen LogP contribution in [0.5, 0.6) is 5.75 Å². The van der Waals surface area contributed by atoms with Crippen LogP contribution in [-0.4, -0.2) is 35.4 Å². The zero-order valence-electron chi connectivity index (χ0n) is 18.4. The van der Waals surface area contributed by atoms with Crippen LogP contribution >= 0.6 is 15.9 Å². The Labute approximate surface area is 187 Å². The fourth-order valence-electron chi connectivity index (χ4n) is 2.98. The average Bonchev–Trinajstić information content (AvgIpc) is 2.72. The van der Waals surface area contributed by atoms with Crippen LogP contribution in [0.4, 0.5) is 0 Å². The molecule has 2 amide bonds. The van der Waals surface area contributed by atoms with Gasteiger partial charge in [-0.15, -0.1) is 0 Å². The van der Waals surface area contributed by atoms with Gasteiger partial charge in [-0.1, -0.05) is 47.1 Å². The summed E-state index contributed by atoms with van der Waals surface area (Å²) in [5, 5.41) is 2.97. The molecule has 6 heteroatoms. The molecule has 162 valence electrons. The van der Waals surface area contributed by atoms with Crippen molar-refractivity contribution in [2.75, 3.05) is 6.61 Å². The van der Waals surface area contributed by atoms with Gasteiger partial charge >= 0.3 is 0 Å². The third-order valence-electron chi connectivity index (χ3n) is 5.32. The van der Waals surface area contributed by atoms with E-state index >= 15 is 0 Å². The van der Waals surface area contributed by atoms with E-state index in [1.54, 1.807) is 11.8 Å². The van der Waals surface area contributed by atoms with Crippen LogP contribution in [0.3, 0.4) is 0 Å². The number of nitrogens with zero attached hydrogens (tertiary/aromatic N) is 1. The normalized spacial score (nSPS) is 12.7. The third kappa shape index (κ3) is 6.59. The highest BCUT2D eigenvalue weighted by atomic mass is 79.9. The number of hydrogen-bond acceptors (Lipinski definition) is 3. The second-order valence-corrected chi connectivity index (χ2v) is 8.55. The molecular weight excluding hydrogens is 444 g/mol. The van der Waals surface area contributed by atoms with E-state index in [4.69, 9.17) is 4.74 Å². The number of benzene rings is 2. The number of carbonyl (C=O) groups is 2. The maximum atomic E-state index is 13.1. The number of halogens is 1. The number of carbonyl (C=O) groups excluding carboxylic acids is 2. The van der Waals surface area contributed by atoms with E-state index in [1.807, 2.05) is 70.2 Å². The Hall–Kier alpha value is -2.34. The molecular formula is C24H31BrN2O3. The van der Waals surface area contributed by atoms with Gasteiger partial charge in [0.25, 0.3) is 5.91 Å². The largest absolute Gasteiger partial charge is 0.483 e. The molecule has 0 bridgehead atoms. The summed E-state index contributed by atoms with van der Waals surface area (Å²) in [5.41, 5.74) is 3.05. The number of nitrogens with one attached hydrogen (secondary N) is 1. The van der Waals surface area contributed by atoms with E-state index in [-0.39, 0.29) is 24.5 Å². The van der Waals surface area contributed by atoms with Crippen LogP contribution in [-0.2, 0) is 16.1 Å². The maximum absolute atomic E-state index is 13.1. The van der Waals surface area contributed by atoms with Crippen LogP contribution in [0.1, 0.15) is 43.9 Å². The minimum absolute atomic E-state index is 0.0500. The molecule has 0 heterocycles. The Morgan fingerprint density at radius 1 is 1.13 bits per heavy atom. The summed E-state index contributed by atoms with van der Waals surface area (Å²) in [6, 6.07) is 12.9. The summed E-state index contributed by atoms with van der Waals surface area (Å²) in [6.45, 7) is 9.89. The predicted molar refractivity (Wildman–Crippen MR) is 123 cm³/mol. The summed E-state index contributed by atoms with van der Waals surface area (Å²) >= 11 is 3.47. The first-order valence-electron chi connectivity index (χ1n) is 10.3.